The summed E-state index contributed by atoms with van der Waals surface area (Å²) in [6, 6.07) is 3.36. The molecule has 1 saturated carbocycles. The van der Waals surface area contributed by atoms with Crippen molar-refractivity contribution in [2.75, 3.05) is 16.8 Å². The van der Waals surface area contributed by atoms with Gasteiger partial charge in [0.1, 0.15) is 5.82 Å². The van der Waals surface area contributed by atoms with E-state index in [9.17, 15) is 4.79 Å². The number of halogens is 1. The van der Waals surface area contributed by atoms with Crippen molar-refractivity contribution < 1.29 is 9.18 Å². The Bertz CT molecular complexity index is 1420. The highest BCUT2D eigenvalue weighted by Crippen LogP contribution is 2.53. The molecule has 1 aliphatic rings. The minimum absolute atomic E-state index is 0.0202. The SMILES string of the molecule is Cc1c(N)cncc1-c1cc2cc(NC(=O)[C@H]3[C@@H](C)[C@@H]3c3cn(C)nn3)ncc2c(N)c1F. The quantitative estimate of drug-likeness (QED) is 0.410. The predicted octanol–water partition coefficient (Wildman–Crippen LogP) is 3.03. The molecule has 0 unspecified atom stereocenters. The number of rotatable bonds is 4. The summed E-state index contributed by atoms with van der Waals surface area (Å²) in [5, 5.41) is 12.1. The summed E-state index contributed by atoms with van der Waals surface area (Å²) < 4.78 is 16.7. The van der Waals surface area contributed by atoms with Gasteiger partial charge in [-0.2, -0.15) is 0 Å². The van der Waals surface area contributed by atoms with Gasteiger partial charge in [-0.3, -0.25) is 14.5 Å². The Morgan fingerprint density at radius 1 is 1.18 bits per heavy atom. The number of amides is 1. The van der Waals surface area contributed by atoms with Crippen LogP contribution < -0.4 is 16.8 Å². The maximum Gasteiger partial charge on any atom is 0.229 e. The number of aryl methyl sites for hydroxylation is 1. The van der Waals surface area contributed by atoms with Gasteiger partial charge in [-0.25, -0.2) is 9.37 Å². The summed E-state index contributed by atoms with van der Waals surface area (Å²) in [4.78, 5) is 21.3. The third-order valence-corrected chi connectivity index (χ3v) is 6.44. The smallest absolute Gasteiger partial charge is 0.229 e. The van der Waals surface area contributed by atoms with E-state index in [-0.39, 0.29) is 29.3 Å². The van der Waals surface area contributed by atoms with Crippen LogP contribution in [0.1, 0.15) is 24.1 Å². The van der Waals surface area contributed by atoms with E-state index in [2.05, 4.69) is 25.6 Å². The van der Waals surface area contributed by atoms with E-state index in [1.54, 1.807) is 37.0 Å². The number of nitrogens with two attached hydrogens (primary N) is 2. The molecule has 0 aliphatic heterocycles. The van der Waals surface area contributed by atoms with Crippen molar-refractivity contribution in [1.29, 1.82) is 0 Å². The molecule has 1 fully saturated rings. The zero-order valence-electron chi connectivity index (χ0n) is 18.4. The number of carbonyl (C=O) groups is 1. The van der Waals surface area contributed by atoms with Gasteiger partial charge in [-0.15, -0.1) is 5.10 Å². The van der Waals surface area contributed by atoms with Crippen LogP contribution in [0.2, 0.25) is 0 Å². The molecule has 3 heterocycles. The number of aromatic nitrogens is 5. The number of hydrogen-bond acceptors (Lipinski definition) is 7. The molecule has 0 saturated heterocycles. The Balaban J connectivity index is 1.46. The molecule has 4 aromatic rings. The Hall–Kier alpha value is -4.08. The fourth-order valence-corrected chi connectivity index (χ4v) is 4.42. The predicted molar refractivity (Wildman–Crippen MR) is 124 cm³/mol. The second kappa shape index (κ2) is 7.51. The first-order valence-electron chi connectivity index (χ1n) is 10.5. The molecule has 1 aromatic carbocycles. The Morgan fingerprint density at radius 2 is 1.97 bits per heavy atom. The molecule has 9 nitrogen and oxygen atoms in total. The highest BCUT2D eigenvalue weighted by Gasteiger charge is 2.54. The molecule has 3 atom stereocenters. The fourth-order valence-electron chi connectivity index (χ4n) is 4.42. The summed E-state index contributed by atoms with van der Waals surface area (Å²) in [6.07, 6.45) is 6.37. The van der Waals surface area contributed by atoms with Crippen LogP contribution in [-0.4, -0.2) is 30.9 Å². The highest BCUT2D eigenvalue weighted by atomic mass is 19.1. The number of pyridine rings is 2. The first-order valence-corrected chi connectivity index (χ1v) is 10.5. The van der Waals surface area contributed by atoms with E-state index < -0.39 is 5.82 Å². The first-order chi connectivity index (χ1) is 15.8. The normalized spacial score (nSPS) is 19.6. The van der Waals surface area contributed by atoms with E-state index >= 15 is 4.39 Å². The number of nitrogens with zero attached hydrogens (tertiary/aromatic N) is 5. The van der Waals surface area contributed by atoms with Crippen molar-refractivity contribution in [3.05, 3.63) is 54.0 Å². The molecule has 3 aromatic heterocycles. The third-order valence-electron chi connectivity index (χ3n) is 6.44. The Morgan fingerprint density at radius 3 is 2.70 bits per heavy atom. The molecule has 1 aliphatic carbocycles. The average molecular weight is 446 g/mol. The lowest BCUT2D eigenvalue weighted by Gasteiger charge is -2.13. The fraction of sp³-hybridized carbons (Fsp3) is 0.261. The van der Waals surface area contributed by atoms with Crippen LogP contribution in [0, 0.1) is 24.6 Å². The minimum atomic E-state index is -0.560. The Kier molecular flexibility index (Phi) is 4.73. The summed E-state index contributed by atoms with van der Waals surface area (Å²) in [7, 11) is 1.79. The summed E-state index contributed by atoms with van der Waals surface area (Å²) in [6.45, 7) is 3.81. The topological polar surface area (TPSA) is 138 Å². The molecule has 0 radical (unpaired) electrons. The molecular formula is C23H23FN8O. The van der Waals surface area contributed by atoms with E-state index in [1.165, 1.54) is 12.4 Å². The lowest BCUT2D eigenvalue weighted by molar-refractivity contribution is -0.117. The third kappa shape index (κ3) is 3.43. The van der Waals surface area contributed by atoms with Crippen LogP contribution in [0.15, 0.2) is 36.9 Å². The van der Waals surface area contributed by atoms with Crippen LogP contribution in [0.3, 0.4) is 0 Å². The van der Waals surface area contributed by atoms with E-state index in [4.69, 9.17) is 11.5 Å². The molecular weight excluding hydrogens is 423 g/mol. The molecule has 1 amide bonds. The van der Waals surface area contributed by atoms with E-state index in [0.717, 1.165) is 5.69 Å². The first kappa shape index (κ1) is 20.8. The Labute approximate surface area is 189 Å². The lowest BCUT2D eigenvalue weighted by atomic mass is 9.97. The van der Waals surface area contributed by atoms with Gasteiger partial charge < -0.3 is 16.8 Å². The summed E-state index contributed by atoms with van der Waals surface area (Å²) in [5.74, 6) is -0.378. The largest absolute Gasteiger partial charge is 0.397 e. The van der Waals surface area contributed by atoms with E-state index in [0.29, 0.717) is 39.0 Å². The van der Waals surface area contributed by atoms with Gasteiger partial charge in [-0.1, -0.05) is 12.1 Å². The van der Waals surface area contributed by atoms with Gasteiger partial charge in [0, 0.05) is 48.1 Å². The number of benzene rings is 1. The minimum Gasteiger partial charge on any atom is -0.397 e. The number of anilines is 3. The van der Waals surface area contributed by atoms with Gasteiger partial charge in [0.05, 0.1) is 29.2 Å². The maximum absolute atomic E-state index is 15.1. The molecule has 33 heavy (non-hydrogen) atoms. The van der Waals surface area contributed by atoms with Gasteiger partial charge in [0.15, 0.2) is 5.82 Å². The van der Waals surface area contributed by atoms with Crippen molar-refractivity contribution in [3.63, 3.8) is 0 Å². The van der Waals surface area contributed by atoms with Gasteiger partial charge in [-0.05, 0) is 35.9 Å². The molecule has 5 rings (SSSR count). The average Bonchev–Trinajstić information content (AvgIpc) is 3.27. The van der Waals surface area contributed by atoms with Gasteiger partial charge >= 0.3 is 0 Å². The van der Waals surface area contributed by atoms with Crippen molar-refractivity contribution in [2.24, 2.45) is 18.9 Å². The van der Waals surface area contributed by atoms with Gasteiger partial charge in [0.2, 0.25) is 5.91 Å². The molecule has 5 N–H and O–H groups in total. The number of nitrogen functional groups attached to an aromatic ring is 2. The van der Waals surface area contributed by atoms with Crippen molar-refractivity contribution in [2.45, 2.75) is 19.8 Å². The zero-order chi connectivity index (χ0) is 23.4. The molecule has 10 heteroatoms. The second-order valence-corrected chi connectivity index (χ2v) is 8.56. The number of fused-ring (bicyclic) bond motifs is 1. The monoisotopic (exact) mass is 446 g/mol. The second-order valence-electron chi connectivity index (χ2n) is 8.56. The number of hydrogen-bond donors (Lipinski definition) is 3. The number of nitrogens with one attached hydrogen (secondary N) is 1. The van der Waals surface area contributed by atoms with Crippen LogP contribution in [0.4, 0.5) is 21.6 Å². The maximum atomic E-state index is 15.1. The standard InChI is InChI=1S/C23H23FN8O/c1-10-14(6-27-8-16(10)25)13-4-12-5-18(28-7-15(12)22(26)21(13)24)29-23(33)20-11(2)19(20)17-9-32(3)31-30-17/h4-9,11,19-20H,25-26H2,1-3H3,(H,28,29,33)/t11-,19+,20-/m0/s1. The van der Waals surface area contributed by atoms with Gasteiger partial charge in [0.25, 0.3) is 0 Å². The van der Waals surface area contributed by atoms with Crippen molar-refractivity contribution in [1.82, 2.24) is 25.0 Å². The molecule has 0 bridgehead atoms. The zero-order valence-corrected chi connectivity index (χ0v) is 18.4. The van der Waals surface area contributed by atoms with Crippen LogP contribution in [0.5, 0.6) is 0 Å². The summed E-state index contributed by atoms with van der Waals surface area (Å²) in [5.41, 5.74) is 14.8. The van der Waals surface area contributed by atoms with Crippen LogP contribution in [-0.2, 0) is 11.8 Å². The number of carbonyl (C=O) groups excluding carboxylic acids is 1. The van der Waals surface area contributed by atoms with Crippen LogP contribution in [0.25, 0.3) is 21.9 Å². The lowest BCUT2D eigenvalue weighted by Crippen LogP contribution is -2.16. The van der Waals surface area contributed by atoms with Crippen molar-refractivity contribution in [3.8, 4) is 11.1 Å². The van der Waals surface area contributed by atoms with Crippen molar-refractivity contribution >= 4 is 33.9 Å². The van der Waals surface area contributed by atoms with Crippen LogP contribution >= 0.6 is 0 Å². The van der Waals surface area contributed by atoms with E-state index in [1.807, 2.05) is 13.1 Å². The summed E-state index contributed by atoms with van der Waals surface area (Å²) >= 11 is 0. The molecule has 0 spiro atoms. The highest BCUT2D eigenvalue weighted by molar-refractivity contribution is 6.01. The molecule has 168 valence electrons.